The summed E-state index contributed by atoms with van der Waals surface area (Å²) in [5, 5.41) is 8.00. The van der Waals surface area contributed by atoms with E-state index in [0.717, 1.165) is 31.9 Å². The zero-order chi connectivity index (χ0) is 14.6. The lowest BCUT2D eigenvalue weighted by molar-refractivity contribution is -0.103. The Bertz CT molecular complexity index is 414. The van der Waals surface area contributed by atoms with Crippen molar-refractivity contribution in [3.8, 4) is 0 Å². The number of hydrogen-bond acceptors (Lipinski definition) is 3. The fraction of sp³-hybridized carbons (Fsp3) is 0.812. The van der Waals surface area contributed by atoms with Gasteiger partial charge < -0.3 is 10.1 Å². The summed E-state index contributed by atoms with van der Waals surface area (Å²) < 4.78 is 8.31. The summed E-state index contributed by atoms with van der Waals surface area (Å²) in [5.74, 6) is 0.727. The van der Waals surface area contributed by atoms with E-state index in [9.17, 15) is 0 Å². The highest BCUT2D eigenvalue weighted by Gasteiger charge is 2.44. The van der Waals surface area contributed by atoms with Crippen LogP contribution in [-0.4, -0.2) is 28.5 Å². The smallest absolute Gasteiger partial charge is 0.0893 e. The lowest BCUT2D eigenvalue weighted by atomic mass is 9.73. The first-order valence-corrected chi connectivity index (χ1v) is 7.98. The normalized spacial score (nSPS) is 28.5. The molecule has 0 spiro atoms. The van der Waals surface area contributed by atoms with Crippen LogP contribution < -0.4 is 5.32 Å². The van der Waals surface area contributed by atoms with Crippen molar-refractivity contribution in [1.29, 1.82) is 0 Å². The average molecular weight is 279 g/mol. The molecule has 0 saturated heterocycles. The Labute approximate surface area is 122 Å². The lowest BCUT2D eigenvalue weighted by Crippen LogP contribution is -2.49. The highest BCUT2D eigenvalue weighted by atomic mass is 16.5. The summed E-state index contributed by atoms with van der Waals surface area (Å²) in [4.78, 5) is 0. The molecule has 3 unspecified atom stereocenters. The van der Waals surface area contributed by atoms with Crippen molar-refractivity contribution in [2.75, 3.05) is 13.2 Å². The van der Waals surface area contributed by atoms with Gasteiger partial charge in [-0.3, -0.25) is 4.68 Å². The van der Waals surface area contributed by atoms with Gasteiger partial charge in [-0.1, -0.05) is 26.7 Å². The molecule has 0 aliphatic heterocycles. The van der Waals surface area contributed by atoms with Crippen LogP contribution in [0.25, 0.3) is 0 Å². The van der Waals surface area contributed by atoms with Gasteiger partial charge in [0.05, 0.1) is 17.3 Å². The third-order valence-electron chi connectivity index (χ3n) is 4.51. The predicted molar refractivity (Wildman–Crippen MR) is 81.6 cm³/mol. The quantitative estimate of drug-likeness (QED) is 0.870. The van der Waals surface area contributed by atoms with Crippen LogP contribution in [0, 0.1) is 5.92 Å². The number of likely N-dealkylation sites (N-methyl/N-ethyl adjacent to an activating group) is 1. The van der Waals surface area contributed by atoms with Gasteiger partial charge in [0.2, 0.25) is 0 Å². The molecule has 0 radical (unpaired) electrons. The third-order valence-corrected chi connectivity index (χ3v) is 4.51. The first kappa shape index (κ1) is 15.5. The molecule has 1 fully saturated rings. The number of aromatic nitrogens is 2. The van der Waals surface area contributed by atoms with Crippen molar-refractivity contribution in [1.82, 2.24) is 15.1 Å². The molecule has 2 rings (SSSR count). The monoisotopic (exact) mass is 279 g/mol. The first-order valence-electron chi connectivity index (χ1n) is 7.98. The molecule has 1 aliphatic carbocycles. The predicted octanol–water partition coefficient (Wildman–Crippen LogP) is 3.06. The molecule has 1 saturated carbocycles. The van der Waals surface area contributed by atoms with Gasteiger partial charge in [0, 0.05) is 19.9 Å². The van der Waals surface area contributed by atoms with Crippen LogP contribution in [0.2, 0.25) is 0 Å². The minimum atomic E-state index is -0.0871. The highest BCUT2D eigenvalue weighted by Crippen LogP contribution is 2.43. The van der Waals surface area contributed by atoms with E-state index in [4.69, 9.17) is 4.74 Å². The van der Waals surface area contributed by atoms with Gasteiger partial charge in [-0.25, -0.2) is 0 Å². The second-order valence-corrected chi connectivity index (χ2v) is 6.07. The molecule has 1 aromatic rings. The number of nitrogens with zero attached hydrogens (tertiary/aromatic N) is 2. The zero-order valence-corrected chi connectivity index (χ0v) is 13.4. The zero-order valence-electron chi connectivity index (χ0n) is 13.4. The van der Waals surface area contributed by atoms with E-state index in [1.54, 1.807) is 0 Å². The molecule has 0 bridgehead atoms. The Morgan fingerprint density at radius 1 is 1.55 bits per heavy atom. The van der Waals surface area contributed by atoms with Crippen molar-refractivity contribution >= 4 is 0 Å². The van der Waals surface area contributed by atoms with E-state index >= 15 is 0 Å². The number of ether oxygens (including phenoxy) is 1. The first-order chi connectivity index (χ1) is 9.63. The van der Waals surface area contributed by atoms with E-state index in [0.29, 0.717) is 0 Å². The Balaban J connectivity index is 2.34. The van der Waals surface area contributed by atoms with Crippen LogP contribution >= 0.6 is 0 Å². The maximum atomic E-state index is 6.33. The molecule has 3 atom stereocenters. The maximum Gasteiger partial charge on any atom is 0.0893 e. The van der Waals surface area contributed by atoms with Crippen molar-refractivity contribution in [3.05, 3.63) is 18.0 Å². The van der Waals surface area contributed by atoms with Crippen LogP contribution in [0.15, 0.2) is 12.3 Å². The third kappa shape index (κ3) is 3.07. The van der Waals surface area contributed by atoms with Crippen LogP contribution in [0.3, 0.4) is 0 Å². The van der Waals surface area contributed by atoms with Gasteiger partial charge in [0.15, 0.2) is 0 Å². The van der Waals surface area contributed by atoms with Gasteiger partial charge in [-0.05, 0) is 38.3 Å². The van der Waals surface area contributed by atoms with Crippen molar-refractivity contribution in [2.45, 2.75) is 58.1 Å². The highest BCUT2D eigenvalue weighted by molar-refractivity contribution is 5.14. The second kappa shape index (κ2) is 6.72. The topological polar surface area (TPSA) is 39.1 Å². The van der Waals surface area contributed by atoms with Crippen molar-refractivity contribution in [2.24, 2.45) is 13.0 Å². The molecule has 114 valence electrons. The van der Waals surface area contributed by atoms with Crippen LogP contribution in [0.4, 0.5) is 0 Å². The average Bonchev–Trinajstić information content (AvgIpc) is 2.82. The lowest BCUT2D eigenvalue weighted by Gasteiger charge is -2.45. The number of aryl methyl sites for hydroxylation is 1. The Morgan fingerprint density at radius 2 is 2.35 bits per heavy atom. The molecule has 20 heavy (non-hydrogen) atoms. The van der Waals surface area contributed by atoms with E-state index in [1.165, 1.54) is 18.5 Å². The van der Waals surface area contributed by atoms with Gasteiger partial charge in [0.25, 0.3) is 0 Å². The molecular weight excluding hydrogens is 250 g/mol. The fourth-order valence-corrected chi connectivity index (χ4v) is 3.74. The summed E-state index contributed by atoms with van der Waals surface area (Å²) in [5.41, 5.74) is 1.14. The van der Waals surface area contributed by atoms with E-state index in [2.05, 4.69) is 37.3 Å². The molecule has 4 heteroatoms. The van der Waals surface area contributed by atoms with Gasteiger partial charge in [-0.2, -0.15) is 5.10 Å². The van der Waals surface area contributed by atoms with Crippen LogP contribution in [0.5, 0.6) is 0 Å². The molecule has 1 aromatic heterocycles. The largest absolute Gasteiger partial charge is 0.373 e. The minimum Gasteiger partial charge on any atom is -0.373 e. The molecular formula is C16H29N3O. The second-order valence-electron chi connectivity index (χ2n) is 6.07. The summed E-state index contributed by atoms with van der Waals surface area (Å²) in [6.07, 6.45) is 6.71. The number of rotatable bonds is 6. The summed E-state index contributed by atoms with van der Waals surface area (Å²) in [6, 6.07) is 2.34. The maximum absolute atomic E-state index is 6.33. The molecule has 0 amide bonds. The Kier molecular flexibility index (Phi) is 5.22. The number of hydrogen-bond donors (Lipinski definition) is 1. The molecule has 1 heterocycles. The van der Waals surface area contributed by atoms with Gasteiger partial charge >= 0.3 is 0 Å². The molecule has 0 aromatic carbocycles. The molecule has 1 aliphatic rings. The Morgan fingerprint density at radius 3 is 2.90 bits per heavy atom. The van der Waals surface area contributed by atoms with Crippen LogP contribution in [0.1, 0.15) is 58.2 Å². The standard InChI is InChI=1S/C16H29N3O/c1-5-17-15(14-9-11-18-19(14)4)16(20-6-2)10-7-8-13(3)12-16/h9,11,13,15,17H,5-8,10,12H2,1-4H3. The summed E-state index contributed by atoms with van der Waals surface area (Å²) >= 11 is 0. The van der Waals surface area contributed by atoms with E-state index < -0.39 is 0 Å². The van der Waals surface area contributed by atoms with E-state index in [1.807, 2.05) is 17.9 Å². The Hall–Kier alpha value is -0.870. The van der Waals surface area contributed by atoms with Crippen molar-refractivity contribution < 1.29 is 4.74 Å². The van der Waals surface area contributed by atoms with Gasteiger partial charge in [0.1, 0.15) is 0 Å². The van der Waals surface area contributed by atoms with Crippen LogP contribution in [-0.2, 0) is 11.8 Å². The SMILES string of the molecule is CCNC(c1ccnn1C)C1(OCC)CCCC(C)C1. The van der Waals surface area contributed by atoms with Gasteiger partial charge in [-0.15, -0.1) is 0 Å². The fourth-order valence-electron chi connectivity index (χ4n) is 3.74. The molecule has 1 N–H and O–H groups in total. The van der Waals surface area contributed by atoms with Crippen molar-refractivity contribution in [3.63, 3.8) is 0 Å². The van der Waals surface area contributed by atoms with E-state index in [-0.39, 0.29) is 11.6 Å². The number of nitrogens with one attached hydrogen (secondary N) is 1. The molecule has 4 nitrogen and oxygen atoms in total. The summed E-state index contributed by atoms with van der Waals surface area (Å²) in [7, 11) is 2.02. The minimum absolute atomic E-state index is 0.0871. The summed E-state index contributed by atoms with van der Waals surface area (Å²) in [6.45, 7) is 8.33.